The Balaban J connectivity index is 1.71. The van der Waals surface area contributed by atoms with Crippen molar-refractivity contribution in [2.45, 2.75) is 31.9 Å². The van der Waals surface area contributed by atoms with E-state index < -0.39 is 6.04 Å². The number of nitrogens with one attached hydrogen (secondary N) is 1. The van der Waals surface area contributed by atoms with Gasteiger partial charge in [-0.2, -0.15) is 0 Å². The first-order chi connectivity index (χ1) is 10.2. The van der Waals surface area contributed by atoms with Crippen molar-refractivity contribution in [1.29, 1.82) is 0 Å². The summed E-state index contributed by atoms with van der Waals surface area (Å²) in [6.07, 6.45) is 2.15. The molecule has 1 aromatic carbocycles. The Labute approximate surface area is 124 Å². The molecule has 3 N–H and O–H groups in total. The van der Waals surface area contributed by atoms with Gasteiger partial charge in [-0.15, -0.1) is 0 Å². The van der Waals surface area contributed by atoms with E-state index in [2.05, 4.69) is 5.32 Å². The van der Waals surface area contributed by atoms with Crippen LogP contribution < -0.4 is 11.1 Å². The van der Waals surface area contributed by atoms with Gasteiger partial charge in [0.2, 0.25) is 5.91 Å². The van der Waals surface area contributed by atoms with Crippen molar-refractivity contribution in [3.63, 3.8) is 0 Å². The fraction of sp³-hybridized carbons (Fsp3) is 0.500. The van der Waals surface area contributed by atoms with Crippen LogP contribution in [0.15, 0.2) is 30.3 Å². The van der Waals surface area contributed by atoms with Gasteiger partial charge in [0.05, 0.1) is 12.6 Å². The van der Waals surface area contributed by atoms with Gasteiger partial charge in [-0.05, 0) is 24.8 Å². The van der Waals surface area contributed by atoms with Crippen molar-refractivity contribution < 1.29 is 14.3 Å². The average Bonchev–Trinajstić information content (AvgIpc) is 2.50. The molecule has 1 amide bonds. The van der Waals surface area contributed by atoms with Gasteiger partial charge >= 0.3 is 0 Å². The SMILES string of the molecule is NC(CC1CCCNC1=O)C(=O)COCc1ccccc1. The predicted molar refractivity (Wildman–Crippen MR) is 79.4 cm³/mol. The molecule has 21 heavy (non-hydrogen) atoms. The van der Waals surface area contributed by atoms with Gasteiger partial charge in [0, 0.05) is 12.5 Å². The zero-order valence-corrected chi connectivity index (χ0v) is 12.1. The highest BCUT2D eigenvalue weighted by Crippen LogP contribution is 2.17. The van der Waals surface area contributed by atoms with E-state index in [0.717, 1.165) is 24.9 Å². The summed E-state index contributed by atoms with van der Waals surface area (Å²) in [6, 6.07) is 9.03. The van der Waals surface area contributed by atoms with Crippen LogP contribution in [0.1, 0.15) is 24.8 Å². The highest BCUT2D eigenvalue weighted by molar-refractivity contribution is 5.86. The van der Waals surface area contributed by atoms with Crippen molar-refractivity contribution in [1.82, 2.24) is 5.32 Å². The average molecular weight is 290 g/mol. The van der Waals surface area contributed by atoms with Crippen molar-refractivity contribution >= 4 is 11.7 Å². The lowest BCUT2D eigenvalue weighted by atomic mass is 9.90. The molecule has 1 saturated heterocycles. The van der Waals surface area contributed by atoms with E-state index in [4.69, 9.17) is 10.5 Å². The van der Waals surface area contributed by atoms with Crippen LogP contribution in [0.2, 0.25) is 0 Å². The third-order valence-corrected chi connectivity index (χ3v) is 3.71. The number of ketones is 1. The topological polar surface area (TPSA) is 81.4 Å². The first-order valence-corrected chi connectivity index (χ1v) is 7.34. The molecule has 1 aliphatic rings. The first kappa shape index (κ1) is 15.7. The molecule has 0 radical (unpaired) electrons. The van der Waals surface area contributed by atoms with Gasteiger partial charge in [0.15, 0.2) is 5.78 Å². The number of carbonyl (C=O) groups is 2. The van der Waals surface area contributed by atoms with Crippen LogP contribution in [0.3, 0.4) is 0 Å². The Morgan fingerprint density at radius 3 is 2.86 bits per heavy atom. The van der Waals surface area contributed by atoms with Crippen LogP contribution in [0.25, 0.3) is 0 Å². The lowest BCUT2D eigenvalue weighted by Gasteiger charge is -2.23. The molecule has 5 nitrogen and oxygen atoms in total. The minimum absolute atomic E-state index is 0.00899. The summed E-state index contributed by atoms with van der Waals surface area (Å²) >= 11 is 0. The Hall–Kier alpha value is -1.72. The Morgan fingerprint density at radius 2 is 2.14 bits per heavy atom. The van der Waals surface area contributed by atoms with E-state index >= 15 is 0 Å². The number of piperidine rings is 1. The number of benzene rings is 1. The zero-order chi connectivity index (χ0) is 15.1. The summed E-state index contributed by atoms with van der Waals surface area (Å²) in [5, 5.41) is 2.80. The van der Waals surface area contributed by atoms with Crippen molar-refractivity contribution in [3.05, 3.63) is 35.9 Å². The molecule has 1 heterocycles. The maximum atomic E-state index is 11.9. The van der Waals surface area contributed by atoms with Crippen LogP contribution >= 0.6 is 0 Å². The summed E-state index contributed by atoms with van der Waals surface area (Å²) in [5.41, 5.74) is 6.90. The maximum Gasteiger partial charge on any atom is 0.223 e. The lowest BCUT2D eigenvalue weighted by Crippen LogP contribution is -2.42. The van der Waals surface area contributed by atoms with Gasteiger partial charge < -0.3 is 15.8 Å². The quantitative estimate of drug-likeness (QED) is 0.785. The largest absolute Gasteiger partial charge is 0.369 e. The monoisotopic (exact) mass is 290 g/mol. The second-order valence-corrected chi connectivity index (χ2v) is 5.42. The molecule has 0 bridgehead atoms. The zero-order valence-electron chi connectivity index (χ0n) is 12.1. The highest BCUT2D eigenvalue weighted by atomic mass is 16.5. The Morgan fingerprint density at radius 1 is 1.38 bits per heavy atom. The molecule has 0 spiro atoms. The van der Waals surface area contributed by atoms with Gasteiger partial charge in [-0.25, -0.2) is 0 Å². The second-order valence-electron chi connectivity index (χ2n) is 5.42. The number of Topliss-reactive ketones (excluding diaryl/α,β-unsaturated/α-hetero) is 1. The minimum Gasteiger partial charge on any atom is -0.369 e. The number of rotatable bonds is 7. The van der Waals surface area contributed by atoms with E-state index in [9.17, 15) is 9.59 Å². The number of amides is 1. The molecule has 0 aliphatic carbocycles. The summed E-state index contributed by atoms with van der Waals surface area (Å²) in [4.78, 5) is 23.6. The standard InChI is InChI=1S/C16H22N2O3/c17-14(9-13-7-4-8-18-16(13)20)15(19)11-21-10-12-5-2-1-3-6-12/h1-3,5-6,13-14H,4,7-11,17H2,(H,18,20). The third kappa shape index (κ3) is 4.95. The number of nitrogens with two attached hydrogens (primary N) is 1. The van der Waals surface area contributed by atoms with Crippen LogP contribution in [-0.2, 0) is 20.9 Å². The number of ether oxygens (including phenoxy) is 1. The van der Waals surface area contributed by atoms with Gasteiger partial charge in [-0.3, -0.25) is 9.59 Å². The molecule has 114 valence electrons. The molecule has 1 aliphatic heterocycles. The Bertz CT molecular complexity index is 476. The molecule has 1 aromatic rings. The van der Waals surface area contributed by atoms with Gasteiger partial charge in [0.25, 0.3) is 0 Å². The molecular weight excluding hydrogens is 268 g/mol. The van der Waals surface area contributed by atoms with E-state index in [1.54, 1.807) is 0 Å². The minimum atomic E-state index is -0.630. The van der Waals surface area contributed by atoms with E-state index in [0.29, 0.717) is 13.0 Å². The highest BCUT2D eigenvalue weighted by Gasteiger charge is 2.26. The number of hydrogen-bond acceptors (Lipinski definition) is 4. The van der Waals surface area contributed by atoms with Crippen molar-refractivity contribution in [2.75, 3.05) is 13.2 Å². The maximum absolute atomic E-state index is 11.9. The lowest BCUT2D eigenvalue weighted by molar-refractivity contribution is -0.128. The predicted octanol–water partition coefficient (Wildman–Crippen LogP) is 1.02. The fourth-order valence-electron chi connectivity index (χ4n) is 2.45. The second kappa shape index (κ2) is 7.90. The summed E-state index contributed by atoms with van der Waals surface area (Å²) in [6.45, 7) is 1.10. The van der Waals surface area contributed by atoms with Crippen LogP contribution in [0.5, 0.6) is 0 Å². The van der Waals surface area contributed by atoms with E-state index in [1.807, 2.05) is 30.3 Å². The first-order valence-electron chi connectivity index (χ1n) is 7.34. The smallest absolute Gasteiger partial charge is 0.223 e. The fourth-order valence-corrected chi connectivity index (χ4v) is 2.45. The third-order valence-electron chi connectivity index (χ3n) is 3.71. The Kier molecular flexibility index (Phi) is 5.90. The summed E-state index contributed by atoms with van der Waals surface area (Å²) in [5.74, 6) is -0.286. The summed E-state index contributed by atoms with van der Waals surface area (Å²) in [7, 11) is 0. The molecular formula is C16H22N2O3. The molecule has 0 aromatic heterocycles. The normalized spacial score (nSPS) is 19.9. The summed E-state index contributed by atoms with van der Waals surface area (Å²) < 4.78 is 5.39. The van der Waals surface area contributed by atoms with Crippen LogP contribution in [0.4, 0.5) is 0 Å². The molecule has 0 saturated carbocycles. The number of carbonyl (C=O) groups excluding carboxylic acids is 2. The van der Waals surface area contributed by atoms with Crippen molar-refractivity contribution in [2.24, 2.45) is 11.7 Å². The van der Waals surface area contributed by atoms with Gasteiger partial charge in [-0.1, -0.05) is 30.3 Å². The molecule has 5 heteroatoms. The van der Waals surface area contributed by atoms with E-state index in [-0.39, 0.29) is 24.2 Å². The molecule has 2 rings (SSSR count). The van der Waals surface area contributed by atoms with Crippen LogP contribution in [0, 0.1) is 5.92 Å². The van der Waals surface area contributed by atoms with E-state index in [1.165, 1.54) is 0 Å². The van der Waals surface area contributed by atoms with Gasteiger partial charge in [0.1, 0.15) is 6.61 Å². The molecule has 2 atom stereocenters. The van der Waals surface area contributed by atoms with Crippen molar-refractivity contribution in [3.8, 4) is 0 Å². The molecule has 2 unspecified atom stereocenters. The number of hydrogen-bond donors (Lipinski definition) is 2. The molecule has 1 fully saturated rings. The van der Waals surface area contributed by atoms with Crippen LogP contribution in [-0.4, -0.2) is 30.9 Å².